The number of nitrogens with one attached hydrogen (secondary N) is 2. The van der Waals surface area contributed by atoms with E-state index in [4.69, 9.17) is 4.74 Å². The minimum atomic E-state index is -0.602. The third-order valence-electron chi connectivity index (χ3n) is 5.93. The molecule has 0 aliphatic heterocycles. The molecule has 0 saturated carbocycles. The van der Waals surface area contributed by atoms with Crippen molar-refractivity contribution in [2.24, 2.45) is 0 Å². The number of amides is 1. The Hall–Kier alpha value is -4.19. The van der Waals surface area contributed by atoms with E-state index >= 15 is 4.39 Å². The second-order valence-corrected chi connectivity index (χ2v) is 8.83. The zero-order valence-corrected chi connectivity index (χ0v) is 20.7. The Bertz CT molecular complexity index is 1420. The van der Waals surface area contributed by atoms with Crippen molar-refractivity contribution in [1.82, 2.24) is 4.98 Å². The summed E-state index contributed by atoms with van der Waals surface area (Å²) in [5, 5.41) is 2.80. The molecule has 4 rings (SSSR count). The molecule has 3 aromatic carbocycles. The smallest absolute Gasteiger partial charge is 0.261 e. The molecule has 2 N–H and O–H groups in total. The van der Waals surface area contributed by atoms with Crippen LogP contribution in [0.3, 0.4) is 0 Å². The van der Waals surface area contributed by atoms with Crippen LogP contribution in [0.2, 0.25) is 0 Å². The molecule has 6 heteroatoms. The first-order valence-electron chi connectivity index (χ1n) is 12.0. The molecule has 1 aromatic heterocycles. The Morgan fingerprint density at radius 1 is 0.917 bits per heavy atom. The summed E-state index contributed by atoms with van der Waals surface area (Å²) >= 11 is 0. The zero-order valence-electron chi connectivity index (χ0n) is 20.7. The van der Waals surface area contributed by atoms with E-state index in [0.29, 0.717) is 29.2 Å². The fourth-order valence-electron chi connectivity index (χ4n) is 3.86. The molecule has 184 valence electrons. The third-order valence-corrected chi connectivity index (χ3v) is 5.93. The lowest BCUT2D eigenvalue weighted by Crippen LogP contribution is -2.25. The Morgan fingerprint density at radius 2 is 1.58 bits per heavy atom. The first-order chi connectivity index (χ1) is 17.4. The maximum atomic E-state index is 15.1. The molecule has 36 heavy (non-hydrogen) atoms. The second kappa shape index (κ2) is 11.0. The number of aryl methyl sites for hydroxylation is 2. The lowest BCUT2D eigenvalue weighted by Gasteiger charge is -2.14. The van der Waals surface area contributed by atoms with Crippen molar-refractivity contribution in [2.75, 3.05) is 11.9 Å². The second-order valence-electron chi connectivity index (χ2n) is 8.83. The van der Waals surface area contributed by atoms with Gasteiger partial charge in [-0.05, 0) is 56.2 Å². The number of aromatic amines is 1. The average molecular weight is 485 g/mol. The minimum absolute atomic E-state index is 0.0388. The molecular formula is C30H29FN2O3. The standard InChI is InChI=1S/C30H29FN2O3/c1-4-5-16-36-23-14-15-24(26(31)17-23)27-18-25(21-10-6-19(2)7-11-21)28(30(35)33-27)29(34)32-22-12-8-20(3)9-13-22/h6-15,17-18H,4-5,16H2,1-3H3,(H,32,34)(H,33,35). The molecule has 0 aliphatic rings. The van der Waals surface area contributed by atoms with Crippen molar-refractivity contribution in [1.29, 1.82) is 0 Å². The molecule has 1 amide bonds. The van der Waals surface area contributed by atoms with Crippen LogP contribution in [-0.4, -0.2) is 17.5 Å². The number of hydrogen-bond acceptors (Lipinski definition) is 3. The summed E-state index contributed by atoms with van der Waals surface area (Å²) in [5.41, 5.74) is 3.63. The Balaban J connectivity index is 1.77. The van der Waals surface area contributed by atoms with Crippen LogP contribution >= 0.6 is 0 Å². The lowest BCUT2D eigenvalue weighted by atomic mass is 9.97. The van der Waals surface area contributed by atoms with E-state index in [1.165, 1.54) is 6.07 Å². The molecule has 0 bridgehead atoms. The lowest BCUT2D eigenvalue weighted by molar-refractivity contribution is 0.102. The van der Waals surface area contributed by atoms with Crippen LogP contribution < -0.4 is 15.6 Å². The molecule has 0 spiro atoms. The van der Waals surface area contributed by atoms with Crippen LogP contribution in [0.5, 0.6) is 5.75 Å². The van der Waals surface area contributed by atoms with Crippen molar-refractivity contribution in [2.45, 2.75) is 33.6 Å². The number of carbonyl (C=O) groups excluding carboxylic acids is 1. The molecule has 0 aliphatic carbocycles. The Morgan fingerprint density at radius 3 is 2.22 bits per heavy atom. The predicted molar refractivity (Wildman–Crippen MR) is 142 cm³/mol. The maximum Gasteiger partial charge on any atom is 0.261 e. The zero-order chi connectivity index (χ0) is 25.7. The van der Waals surface area contributed by atoms with Gasteiger partial charge in [-0.2, -0.15) is 0 Å². The summed E-state index contributed by atoms with van der Waals surface area (Å²) in [4.78, 5) is 29.2. The van der Waals surface area contributed by atoms with E-state index in [1.807, 2.05) is 50.2 Å². The van der Waals surface area contributed by atoms with Crippen LogP contribution in [0.4, 0.5) is 10.1 Å². The van der Waals surface area contributed by atoms with Gasteiger partial charge in [0, 0.05) is 22.9 Å². The predicted octanol–water partition coefficient (Wildman–Crippen LogP) is 6.90. The van der Waals surface area contributed by atoms with Gasteiger partial charge in [0.05, 0.1) is 12.3 Å². The molecule has 5 nitrogen and oxygen atoms in total. The SMILES string of the molecule is CCCCOc1ccc(-c2cc(-c3ccc(C)cc3)c(C(=O)Nc3ccc(C)cc3)c(=O)[nH]2)c(F)c1. The van der Waals surface area contributed by atoms with Gasteiger partial charge >= 0.3 is 0 Å². The summed E-state index contributed by atoms with van der Waals surface area (Å²) in [6.45, 7) is 6.47. The van der Waals surface area contributed by atoms with Crippen molar-refractivity contribution in [3.8, 4) is 28.1 Å². The summed E-state index contributed by atoms with van der Waals surface area (Å²) in [5.74, 6) is -0.631. The van der Waals surface area contributed by atoms with Crippen molar-refractivity contribution >= 4 is 11.6 Å². The monoisotopic (exact) mass is 484 g/mol. The number of H-pyrrole nitrogens is 1. The van der Waals surface area contributed by atoms with Crippen molar-refractivity contribution in [3.05, 3.63) is 106 Å². The van der Waals surface area contributed by atoms with E-state index in [2.05, 4.69) is 17.2 Å². The third kappa shape index (κ3) is 5.71. The number of anilines is 1. The van der Waals surface area contributed by atoms with Gasteiger partial charge < -0.3 is 15.0 Å². The van der Waals surface area contributed by atoms with Gasteiger partial charge in [0.15, 0.2) is 0 Å². The van der Waals surface area contributed by atoms with Crippen LogP contribution in [0.25, 0.3) is 22.4 Å². The number of carbonyl (C=O) groups is 1. The first kappa shape index (κ1) is 24.9. The highest BCUT2D eigenvalue weighted by Gasteiger charge is 2.21. The summed E-state index contributed by atoms with van der Waals surface area (Å²) in [6, 6.07) is 21.0. The van der Waals surface area contributed by atoms with Crippen LogP contribution in [-0.2, 0) is 0 Å². The number of benzene rings is 3. The molecule has 1 heterocycles. The number of unbranched alkanes of at least 4 members (excludes halogenated alkanes) is 1. The number of hydrogen-bond donors (Lipinski definition) is 2. The topological polar surface area (TPSA) is 71.2 Å². The quantitative estimate of drug-likeness (QED) is 0.267. The fourth-order valence-corrected chi connectivity index (χ4v) is 3.86. The normalized spacial score (nSPS) is 10.8. The highest BCUT2D eigenvalue weighted by atomic mass is 19.1. The average Bonchev–Trinajstić information content (AvgIpc) is 2.85. The van der Waals surface area contributed by atoms with Gasteiger partial charge in [-0.25, -0.2) is 4.39 Å². The van der Waals surface area contributed by atoms with Crippen molar-refractivity contribution in [3.63, 3.8) is 0 Å². The van der Waals surface area contributed by atoms with E-state index in [1.54, 1.807) is 30.3 Å². The molecule has 0 saturated heterocycles. The highest BCUT2D eigenvalue weighted by molar-refractivity contribution is 6.08. The Labute approximate surface area is 210 Å². The van der Waals surface area contributed by atoms with Gasteiger partial charge in [0.1, 0.15) is 17.1 Å². The largest absolute Gasteiger partial charge is 0.493 e. The van der Waals surface area contributed by atoms with E-state index in [-0.39, 0.29) is 16.8 Å². The number of pyridine rings is 1. The molecule has 0 fully saturated rings. The van der Waals surface area contributed by atoms with Gasteiger partial charge in [0.2, 0.25) is 0 Å². The van der Waals surface area contributed by atoms with Crippen LogP contribution in [0, 0.1) is 19.7 Å². The fraction of sp³-hybridized carbons (Fsp3) is 0.200. The van der Waals surface area contributed by atoms with E-state index in [9.17, 15) is 9.59 Å². The van der Waals surface area contributed by atoms with Gasteiger partial charge in [-0.15, -0.1) is 0 Å². The van der Waals surface area contributed by atoms with Crippen LogP contribution in [0.15, 0.2) is 77.6 Å². The number of ether oxygens (including phenoxy) is 1. The minimum Gasteiger partial charge on any atom is -0.493 e. The van der Waals surface area contributed by atoms with Crippen LogP contribution in [0.1, 0.15) is 41.3 Å². The molecule has 0 radical (unpaired) electrons. The summed E-state index contributed by atoms with van der Waals surface area (Å²) < 4.78 is 20.7. The number of aromatic nitrogens is 1. The van der Waals surface area contributed by atoms with Gasteiger partial charge in [0.25, 0.3) is 11.5 Å². The molecule has 0 unspecified atom stereocenters. The molecule has 0 atom stereocenters. The number of rotatable bonds is 8. The summed E-state index contributed by atoms with van der Waals surface area (Å²) in [6.07, 6.45) is 1.86. The molecule has 4 aromatic rings. The van der Waals surface area contributed by atoms with Gasteiger partial charge in [-0.1, -0.05) is 60.9 Å². The van der Waals surface area contributed by atoms with Crippen molar-refractivity contribution < 1.29 is 13.9 Å². The van der Waals surface area contributed by atoms with Gasteiger partial charge in [-0.3, -0.25) is 9.59 Å². The summed E-state index contributed by atoms with van der Waals surface area (Å²) in [7, 11) is 0. The first-order valence-corrected chi connectivity index (χ1v) is 12.0. The molecular weight excluding hydrogens is 455 g/mol. The van der Waals surface area contributed by atoms with E-state index < -0.39 is 17.3 Å². The highest BCUT2D eigenvalue weighted by Crippen LogP contribution is 2.30. The Kier molecular flexibility index (Phi) is 7.64. The van der Waals surface area contributed by atoms with E-state index in [0.717, 1.165) is 24.0 Å². The maximum absolute atomic E-state index is 15.1. The number of halogens is 1.